The number of rotatable bonds is 9. The second-order valence-corrected chi connectivity index (χ2v) is 4.61. The van der Waals surface area contributed by atoms with Crippen LogP contribution in [0.25, 0.3) is 0 Å². The van der Waals surface area contributed by atoms with Crippen LogP contribution >= 0.6 is 0 Å². The lowest BCUT2D eigenvalue weighted by atomic mass is 10.0. The number of hydrogen-bond donors (Lipinski definition) is 2. The Kier molecular flexibility index (Phi) is 9.39. The summed E-state index contributed by atoms with van der Waals surface area (Å²) in [6.45, 7) is 6.56. The molecule has 0 saturated heterocycles. The molecule has 92 valence electrons. The van der Waals surface area contributed by atoms with Crippen LogP contribution in [-0.2, 0) is 4.43 Å². The highest BCUT2D eigenvalue weighted by atomic mass is 28.2. The van der Waals surface area contributed by atoms with Crippen molar-refractivity contribution in [2.45, 2.75) is 71.2 Å². The van der Waals surface area contributed by atoms with Crippen LogP contribution in [0.3, 0.4) is 0 Å². The van der Waals surface area contributed by atoms with E-state index < -0.39 is 0 Å². The Morgan fingerprint density at radius 2 is 1.80 bits per heavy atom. The molecule has 3 N–H and O–H groups in total. The third-order valence-corrected chi connectivity index (χ3v) is 3.40. The highest BCUT2D eigenvalue weighted by molar-refractivity contribution is 5.98. The van der Waals surface area contributed by atoms with E-state index in [1.807, 2.05) is 0 Å². The van der Waals surface area contributed by atoms with Crippen LogP contribution in [0.5, 0.6) is 0 Å². The molecule has 4 heteroatoms. The van der Waals surface area contributed by atoms with Crippen molar-refractivity contribution in [3.63, 3.8) is 0 Å². The van der Waals surface area contributed by atoms with E-state index in [9.17, 15) is 0 Å². The Morgan fingerprint density at radius 1 is 1.20 bits per heavy atom. The first-order valence-electron chi connectivity index (χ1n) is 6.23. The topological polar surface area (TPSA) is 47.3 Å². The van der Waals surface area contributed by atoms with Gasteiger partial charge in [0.05, 0.1) is 12.3 Å². The molecule has 3 atom stereocenters. The predicted octanol–water partition coefficient (Wildman–Crippen LogP) is 0.905. The second-order valence-electron chi connectivity index (χ2n) is 4.14. The molecule has 0 aliphatic rings. The van der Waals surface area contributed by atoms with Crippen LogP contribution in [-0.4, -0.2) is 28.8 Å². The molecule has 0 spiro atoms. The first-order valence-corrected chi connectivity index (χ1v) is 7.05. The third kappa shape index (κ3) is 6.30. The van der Waals surface area contributed by atoms with Crippen molar-refractivity contribution >= 4 is 10.5 Å². The zero-order valence-electron chi connectivity index (χ0n) is 10.8. The van der Waals surface area contributed by atoms with Crippen molar-refractivity contribution in [2.75, 3.05) is 0 Å². The van der Waals surface area contributed by atoms with Gasteiger partial charge < -0.3 is 10.2 Å². The van der Waals surface area contributed by atoms with E-state index in [0.717, 1.165) is 36.2 Å². The first-order chi connectivity index (χ1) is 7.19. The summed E-state index contributed by atoms with van der Waals surface area (Å²) >= 11 is 0. The molecular formula is C11H28N2OSi. The maximum absolute atomic E-state index is 5.99. The molecule has 0 fully saturated rings. The molecule has 3 nitrogen and oxygen atoms in total. The van der Waals surface area contributed by atoms with Crippen LogP contribution in [0.15, 0.2) is 0 Å². The van der Waals surface area contributed by atoms with Gasteiger partial charge in [0.25, 0.3) is 0 Å². The largest absolute Gasteiger partial charge is 0.423 e. The maximum Gasteiger partial charge on any atom is 0.146 e. The fraction of sp³-hybridized carbons (Fsp3) is 1.00. The monoisotopic (exact) mass is 232 g/mol. The van der Waals surface area contributed by atoms with Gasteiger partial charge in [-0.1, -0.05) is 33.6 Å². The van der Waals surface area contributed by atoms with Crippen molar-refractivity contribution in [1.82, 2.24) is 5.32 Å². The molecular weight excluding hydrogens is 204 g/mol. The Bertz CT molecular complexity index is 147. The minimum atomic E-state index is 0.121. The van der Waals surface area contributed by atoms with E-state index >= 15 is 0 Å². The van der Waals surface area contributed by atoms with Gasteiger partial charge in [-0.2, -0.15) is 0 Å². The summed E-state index contributed by atoms with van der Waals surface area (Å²) in [5, 5.41) is 3.48. The zero-order valence-corrected chi connectivity index (χ0v) is 12.8. The highest BCUT2D eigenvalue weighted by Gasteiger charge is 2.19. The van der Waals surface area contributed by atoms with Crippen molar-refractivity contribution < 1.29 is 4.43 Å². The SMILES string of the molecule is CCCC(N)NC(CC)C(CCC)O[SiH3]. The third-order valence-electron chi connectivity index (χ3n) is 2.79. The summed E-state index contributed by atoms with van der Waals surface area (Å²) < 4.78 is 5.64. The molecule has 0 aromatic carbocycles. The summed E-state index contributed by atoms with van der Waals surface area (Å²) in [7, 11) is 0.811. The molecule has 0 saturated carbocycles. The summed E-state index contributed by atoms with van der Waals surface area (Å²) in [5.41, 5.74) is 5.99. The second kappa shape index (κ2) is 9.33. The average Bonchev–Trinajstić information content (AvgIpc) is 2.23. The number of nitrogens with one attached hydrogen (secondary N) is 1. The number of hydrogen-bond acceptors (Lipinski definition) is 3. The fourth-order valence-electron chi connectivity index (χ4n) is 1.93. The van der Waals surface area contributed by atoms with Crippen LogP contribution < -0.4 is 11.1 Å². The number of nitrogens with two attached hydrogens (primary N) is 1. The highest BCUT2D eigenvalue weighted by Crippen LogP contribution is 2.10. The van der Waals surface area contributed by atoms with E-state index in [4.69, 9.17) is 10.2 Å². The van der Waals surface area contributed by atoms with E-state index in [0.29, 0.717) is 12.1 Å². The molecule has 0 aromatic rings. The van der Waals surface area contributed by atoms with Crippen molar-refractivity contribution in [2.24, 2.45) is 5.73 Å². The molecule has 0 aliphatic carbocycles. The quantitative estimate of drug-likeness (QED) is 0.459. The molecule has 0 amide bonds. The minimum Gasteiger partial charge on any atom is -0.423 e. The van der Waals surface area contributed by atoms with E-state index in [1.165, 1.54) is 6.42 Å². The van der Waals surface area contributed by atoms with Gasteiger partial charge in [-0.05, 0) is 19.3 Å². The Balaban J connectivity index is 4.07. The molecule has 15 heavy (non-hydrogen) atoms. The molecule has 3 unspecified atom stereocenters. The lowest BCUT2D eigenvalue weighted by Crippen LogP contribution is -2.49. The normalized spacial score (nSPS) is 17.6. The molecule has 0 rings (SSSR count). The van der Waals surface area contributed by atoms with Crippen LogP contribution in [0, 0.1) is 0 Å². The summed E-state index contributed by atoms with van der Waals surface area (Å²) in [5.74, 6) is 0. The first kappa shape index (κ1) is 15.1. The van der Waals surface area contributed by atoms with Gasteiger partial charge in [0.1, 0.15) is 10.5 Å². The van der Waals surface area contributed by atoms with E-state index in [2.05, 4.69) is 26.1 Å². The summed E-state index contributed by atoms with van der Waals surface area (Å²) in [6, 6.07) is 0.420. The standard InChI is InChI=1S/C11H28N2OSi/c1-4-7-10(14-15)9(6-3)13-11(12)8-5-2/h9-11,13H,4-8,12H2,1-3,15H3. The molecule has 0 aliphatic heterocycles. The van der Waals surface area contributed by atoms with Crippen LogP contribution in [0.1, 0.15) is 52.9 Å². The summed E-state index contributed by atoms with van der Waals surface area (Å²) in [4.78, 5) is 0. The van der Waals surface area contributed by atoms with E-state index in [-0.39, 0.29) is 6.17 Å². The van der Waals surface area contributed by atoms with E-state index in [1.54, 1.807) is 0 Å². The van der Waals surface area contributed by atoms with Gasteiger partial charge >= 0.3 is 0 Å². The van der Waals surface area contributed by atoms with Gasteiger partial charge in [-0.15, -0.1) is 0 Å². The zero-order chi connectivity index (χ0) is 11.7. The van der Waals surface area contributed by atoms with Crippen LogP contribution in [0.2, 0.25) is 0 Å². The Morgan fingerprint density at radius 3 is 2.20 bits per heavy atom. The van der Waals surface area contributed by atoms with Gasteiger partial charge in [-0.25, -0.2) is 0 Å². The van der Waals surface area contributed by atoms with Crippen molar-refractivity contribution in [3.8, 4) is 0 Å². The van der Waals surface area contributed by atoms with Crippen molar-refractivity contribution in [3.05, 3.63) is 0 Å². The maximum atomic E-state index is 5.99. The summed E-state index contributed by atoms with van der Waals surface area (Å²) in [6.07, 6.45) is 6.04. The molecule has 0 bridgehead atoms. The van der Waals surface area contributed by atoms with Gasteiger partial charge in [-0.3, -0.25) is 5.32 Å². The lowest BCUT2D eigenvalue weighted by molar-refractivity contribution is 0.143. The van der Waals surface area contributed by atoms with Crippen molar-refractivity contribution in [1.29, 1.82) is 0 Å². The predicted molar refractivity (Wildman–Crippen MR) is 69.8 cm³/mol. The molecule has 0 aromatic heterocycles. The van der Waals surface area contributed by atoms with Crippen LogP contribution in [0.4, 0.5) is 0 Å². The lowest BCUT2D eigenvalue weighted by Gasteiger charge is -2.29. The Labute approximate surface area is 97.7 Å². The smallest absolute Gasteiger partial charge is 0.146 e. The average molecular weight is 232 g/mol. The van der Waals surface area contributed by atoms with Gasteiger partial charge in [0, 0.05) is 6.04 Å². The molecule has 0 radical (unpaired) electrons. The van der Waals surface area contributed by atoms with Gasteiger partial charge in [0.2, 0.25) is 0 Å². The fourth-order valence-corrected chi connectivity index (χ4v) is 2.49. The Hall–Kier alpha value is 0.0969. The minimum absolute atomic E-state index is 0.121. The van der Waals surface area contributed by atoms with Gasteiger partial charge in [0.15, 0.2) is 0 Å². The molecule has 0 heterocycles.